The van der Waals surface area contributed by atoms with Crippen LogP contribution in [0.5, 0.6) is 0 Å². The molecule has 7 nitrogen and oxygen atoms in total. The summed E-state index contributed by atoms with van der Waals surface area (Å²) in [5.41, 5.74) is 0.796. The molecular weight excluding hydrogens is 424 g/mol. The van der Waals surface area contributed by atoms with Crippen LogP contribution in [0.1, 0.15) is 25.7 Å². The summed E-state index contributed by atoms with van der Waals surface area (Å²) < 4.78 is 25.0. The van der Waals surface area contributed by atoms with E-state index in [1.807, 2.05) is 18.2 Å². The van der Waals surface area contributed by atoms with Crippen molar-refractivity contribution in [2.45, 2.75) is 31.7 Å². The minimum Gasteiger partial charge on any atom is -0.369 e. The molecule has 3 aliphatic rings. The molecule has 0 saturated carbocycles. The molecule has 1 spiro atoms. The van der Waals surface area contributed by atoms with E-state index in [0.717, 1.165) is 50.6 Å². The van der Waals surface area contributed by atoms with E-state index < -0.39 is 10.0 Å². The van der Waals surface area contributed by atoms with Crippen molar-refractivity contribution in [1.82, 2.24) is 14.5 Å². The Balaban J connectivity index is 1.24. The zero-order valence-corrected chi connectivity index (χ0v) is 19.1. The molecule has 1 aromatic carbocycles. The van der Waals surface area contributed by atoms with Gasteiger partial charge in [-0.05, 0) is 43.9 Å². The molecule has 9 heteroatoms. The number of nitrogens with one attached hydrogen (secondary N) is 1. The average Bonchev–Trinajstić information content (AvgIpc) is 3.01. The lowest BCUT2D eigenvalue weighted by molar-refractivity contribution is -0.129. The average molecular weight is 455 g/mol. The maximum absolute atomic E-state index is 12.7. The summed E-state index contributed by atoms with van der Waals surface area (Å²) in [6.45, 7) is 5.82. The van der Waals surface area contributed by atoms with Gasteiger partial charge in [-0.1, -0.05) is 17.7 Å². The zero-order chi connectivity index (χ0) is 21.4. The third-order valence-corrected chi connectivity index (χ3v) is 8.48. The largest absolute Gasteiger partial charge is 0.369 e. The van der Waals surface area contributed by atoms with Crippen LogP contribution in [-0.2, 0) is 14.8 Å². The molecular formula is C21H31ClN4O3S. The third-order valence-electron chi connectivity index (χ3n) is 6.94. The predicted molar refractivity (Wildman–Crippen MR) is 119 cm³/mol. The second-order valence-corrected chi connectivity index (χ2v) is 11.3. The lowest BCUT2D eigenvalue weighted by Gasteiger charge is -2.37. The molecule has 0 bridgehead atoms. The van der Waals surface area contributed by atoms with E-state index in [9.17, 15) is 13.2 Å². The summed E-state index contributed by atoms with van der Waals surface area (Å²) in [5.74, 6) is 0.117. The van der Waals surface area contributed by atoms with Gasteiger partial charge in [-0.25, -0.2) is 12.7 Å². The predicted octanol–water partition coefficient (Wildman–Crippen LogP) is 1.78. The van der Waals surface area contributed by atoms with Crippen LogP contribution in [0.3, 0.4) is 0 Å². The number of rotatable bonds is 5. The zero-order valence-electron chi connectivity index (χ0n) is 17.5. The molecule has 4 rings (SSSR count). The van der Waals surface area contributed by atoms with E-state index in [2.05, 4.69) is 21.2 Å². The van der Waals surface area contributed by atoms with Crippen molar-refractivity contribution >= 4 is 33.2 Å². The lowest BCUT2D eigenvalue weighted by Crippen LogP contribution is -2.47. The molecule has 3 aliphatic heterocycles. The molecule has 1 N–H and O–H groups in total. The van der Waals surface area contributed by atoms with Gasteiger partial charge >= 0.3 is 0 Å². The summed E-state index contributed by atoms with van der Waals surface area (Å²) >= 11 is 6.11. The number of sulfonamides is 1. The summed E-state index contributed by atoms with van der Waals surface area (Å²) in [4.78, 5) is 17.5. The SMILES string of the molecule is CS(=O)(=O)N1CCC2(CC1)C[C@@H](CCN1CCN(c3cccc(Cl)c3)CC1)NC2=O. The standard InChI is InChI=1S/C21H31ClN4O3S/c1-30(28,29)26-9-6-21(7-10-26)16-18(23-20(21)27)5-8-24-11-13-25(14-12-24)19-4-2-3-17(22)15-19/h2-4,15,18H,5-14,16H2,1H3,(H,23,27)/t18-/m1/s1. The van der Waals surface area contributed by atoms with Crippen molar-refractivity contribution < 1.29 is 13.2 Å². The van der Waals surface area contributed by atoms with Crippen molar-refractivity contribution in [2.24, 2.45) is 5.41 Å². The second-order valence-electron chi connectivity index (χ2n) is 8.91. The van der Waals surface area contributed by atoms with Gasteiger partial charge in [0.25, 0.3) is 0 Å². The highest BCUT2D eigenvalue weighted by Gasteiger charge is 2.48. The number of nitrogens with zero attached hydrogens (tertiary/aromatic N) is 3. The highest BCUT2D eigenvalue weighted by Crippen LogP contribution is 2.41. The monoisotopic (exact) mass is 454 g/mol. The molecule has 1 amide bonds. The molecule has 166 valence electrons. The molecule has 1 atom stereocenters. The number of carbonyl (C=O) groups excluding carboxylic acids is 1. The highest BCUT2D eigenvalue weighted by atomic mass is 35.5. The fourth-order valence-corrected chi connectivity index (χ4v) is 6.08. The first kappa shape index (κ1) is 21.9. The molecule has 3 heterocycles. The van der Waals surface area contributed by atoms with Gasteiger partial charge in [0, 0.05) is 62.6 Å². The number of halogens is 1. The Hall–Kier alpha value is -1.35. The lowest BCUT2D eigenvalue weighted by atomic mass is 9.76. The van der Waals surface area contributed by atoms with Gasteiger partial charge in [0.2, 0.25) is 15.9 Å². The van der Waals surface area contributed by atoms with Gasteiger partial charge in [0.1, 0.15) is 0 Å². The maximum atomic E-state index is 12.7. The number of piperidine rings is 1. The quantitative estimate of drug-likeness (QED) is 0.734. The number of hydrogen-bond acceptors (Lipinski definition) is 5. The van der Waals surface area contributed by atoms with Crippen LogP contribution >= 0.6 is 11.6 Å². The van der Waals surface area contributed by atoms with Gasteiger partial charge in [0.05, 0.1) is 11.7 Å². The van der Waals surface area contributed by atoms with Crippen LogP contribution in [0.15, 0.2) is 24.3 Å². The van der Waals surface area contributed by atoms with Crippen molar-refractivity contribution in [3.63, 3.8) is 0 Å². The first-order chi connectivity index (χ1) is 14.2. The van der Waals surface area contributed by atoms with Gasteiger partial charge in [-0.3, -0.25) is 9.69 Å². The smallest absolute Gasteiger partial charge is 0.226 e. The normalized spacial score (nSPS) is 25.6. The van der Waals surface area contributed by atoms with E-state index in [-0.39, 0.29) is 17.4 Å². The van der Waals surface area contributed by atoms with Crippen molar-refractivity contribution in [3.8, 4) is 0 Å². The number of anilines is 1. The van der Waals surface area contributed by atoms with Crippen LogP contribution < -0.4 is 10.2 Å². The van der Waals surface area contributed by atoms with Crippen molar-refractivity contribution in [1.29, 1.82) is 0 Å². The number of carbonyl (C=O) groups is 1. The number of hydrogen-bond donors (Lipinski definition) is 1. The number of benzene rings is 1. The van der Waals surface area contributed by atoms with Gasteiger partial charge in [-0.15, -0.1) is 0 Å². The van der Waals surface area contributed by atoms with Gasteiger partial charge in [0.15, 0.2) is 0 Å². The Kier molecular flexibility index (Phi) is 6.30. The number of piperazine rings is 1. The number of amides is 1. The Bertz CT molecular complexity index is 878. The fourth-order valence-electron chi connectivity index (χ4n) is 5.05. The van der Waals surface area contributed by atoms with Gasteiger partial charge < -0.3 is 10.2 Å². The van der Waals surface area contributed by atoms with Crippen LogP contribution in [0, 0.1) is 5.41 Å². The van der Waals surface area contributed by atoms with E-state index >= 15 is 0 Å². The van der Waals surface area contributed by atoms with Crippen LogP contribution in [0.25, 0.3) is 0 Å². The molecule has 3 fully saturated rings. The second kappa shape index (κ2) is 8.65. The molecule has 0 radical (unpaired) electrons. The Morgan fingerprint density at radius 2 is 1.83 bits per heavy atom. The van der Waals surface area contributed by atoms with Gasteiger partial charge in [-0.2, -0.15) is 0 Å². The first-order valence-corrected chi connectivity index (χ1v) is 13.0. The Labute approximate surface area is 184 Å². The van der Waals surface area contributed by atoms with E-state index in [4.69, 9.17) is 11.6 Å². The first-order valence-electron chi connectivity index (χ1n) is 10.7. The molecule has 0 aromatic heterocycles. The molecule has 3 saturated heterocycles. The molecule has 1 aromatic rings. The molecule has 0 unspecified atom stereocenters. The van der Waals surface area contributed by atoms with E-state index in [1.165, 1.54) is 16.2 Å². The van der Waals surface area contributed by atoms with E-state index in [1.54, 1.807) is 0 Å². The van der Waals surface area contributed by atoms with E-state index in [0.29, 0.717) is 25.9 Å². The van der Waals surface area contributed by atoms with Crippen LogP contribution in [0.4, 0.5) is 5.69 Å². The highest BCUT2D eigenvalue weighted by molar-refractivity contribution is 7.88. The molecule has 30 heavy (non-hydrogen) atoms. The fraction of sp³-hybridized carbons (Fsp3) is 0.667. The Morgan fingerprint density at radius 1 is 1.13 bits per heavy atom. The van der Waals surface area contributed by atoms with Crippen molar-refractivity contribution in [2.75, 3.05) is 57.0 Å². The minimum absolute atomic E-state index is 0.117. The summed E-state index contributed by atoms with van der Waals surface area (Å²) in [6.07, 6.45) is 4.27. The summed E-state index contributed by atoms with van der Waals surface area (Å²) in [7, 11) is -3.17. The topological polar surface area (TPSA) is 73.0 Å². The summed E-state index contributed by atoms with van der Waals surface area (Å²) in [6, 6.07) is 8.19. The third kappa shape index (κ3) is 4.77. The minimum atomic E-state index is -3.17. The Morgan fingerprint density at radius 3 is 2.47 bits per heavy atom. The summed E-state index contributed by atoms with van der Waals surface area (Å²) in [5, 5.41) is 3.96. The molecule has 0 aliphatic carbocycles. The van der Waals surface area contributed by atoms with Crippen LogP contribution in [-0.4, -0.2) is 81.6 Å². The van der Waals surface area contributed by atoms with Crippen LogP contribution in [0.2, 0.25) is 5.02 Å². The van der Waals surface area contributed by atoms with Crippen molar-refractivity contribution in [3.05, 3.63) is 29.3 Å². The maximum Gasteiger partial charge on any atom is 0.226 e.